The van der Waals surface area contributed by atoms with Crippen LogP contribution in [-0.2, 0) is 0 Å². The van der Waals surface area contributed by atoms with Crippen molar-refractivity contribution in [1.82, 2.24) is 10.2 Å². The van der Waals surface area contributed by atoms with Gasteiger partial charge < -0.3 is 10.2 Å². The van der Waals surface area contributed by atoms with Gasteiger partial charge >= 0.3 is 6.03 Å². The monoisotopic (exact) mass is 212 g/mol. The number of rotatable bonds is 4. The van der Waals surface area contributed by atoms with Crippen LogP contribution in [0.2, 0.25) is 0 Å². The Bertz CT molecular complexity index is 198. The van der Waals surface area contributed by atoms with Gasteiger partial charge in [-0.1, -0.05) is 26.7 Å². The van der Waals surface area contributed by atoms with Crippen LogP contribution in [0.3, 0.4) is 0 Å². The summed E-state index contributed by atoms with van der Waals surface area (Å²) in [5, 5.41) is 2.91. The fourth-order valence-electron chi connectivity index (χ4n) is 2.26. The van der Waals surface area contributed by atoms with E-state index in [1.54, 1.807) is 0 Å². The van der Waals surface area contributed by atoms with E-state index in [1.807, 2.05) is 11.8 Å². The molecule has 0 aromatic carbocycles. The second kappa shape index (κ2) is 5.99. The summed E-state index contributed by atoms with van der Waals surface area (Å²) < 4.78 is 0. The highest BCUT2D eigenvalue weighted by atomic mass is 16.2. The maximum atomic E-state index is 11.9. The van der Waals surface area contributed by atoms with Crippen LogP contribution in [0.25, 0.3) is 0 Å². The highest BCUT2D eigenvalue weighted by molar-refractivity contribution is 5.74. The standard InChI is InChI=1S/C12H24N2O/c1-4-13-12(15)14(9-10(2)3)11-7-5-6-8-11/h10-11H,4-9H2,1-3H3,(H,13,15). The van der Waals surface area contributed by atoms with Crippen molar-refractivity contribution in [3.05, 3.63) is 0 Å². The first-order chi connectivity index (χ1) is 7.15. The lowest BCUT2D eigenvalue weighted by Gasteiger charge is -2.30. The predicted molar refractivity (Wildman–Crippen MR) is 62.9 cm³/mol. The molecular weight excluding hydrogens is 188 g/mol. The second-order valence-corrected chi connectivity index (χ2v) is 4.82. The molecule has 15 heavy (non-hydrogen) atoms. The molecule has 2 amide bonds. The van der Waals surface area contributed by atoms with Gasteiger partial charge in [0.25, 0.3) is 0 Å². The molecule has 0 spiro atoms. The largest absolute Gasteiger partial charge is 0.338 e. The molecule has 1 fully saturated rings. The molecule has 88 valence electrons. The van der Waals surface area contributed by atoms with E-state index >= 15 is 0 Å². The van der Waals surface area contributed by atoms with E-state index in [2.05, 4.69) is 19.2 Å². The average Bonchev–Trinajstić information content (AvgIpc) is 2.66. The predicted octanol–water partition coefficient (Wildman–Crippen LogP) is 2.62. The zero-order chi connectivity index (χ0) is 11.3. The van der Waals surface area contributed by atoms with Crippen molar-refractivity contribution in [2.75, 3.05) is 13.1 Å². The number of hydrogen-bond acceptors (Lipinski definition) is 1. The molecule has 3 heteroatoms. The maximum Gasteiger partial charge on any atom is 0.317 e. The third-order valence-electron chi connectivity index (χ3n) is 2.92. The third-order valence-corrected chi connectivity index (χ3v) is 2.92. The molecule has 0 radical (unpaired) electrons. The molecule has 0 atom stereocenters. The minimum atomic E-state index is 0.123. The smallest absolute Gasteiger partial charge is 0.317 e. The summed E-state index contributed by atoms with van der Waals surface area (Å²) in [6.45, 7) is 7.92. The van der Waals surface area contributed by atoms with Gasteiger partial charge in [-0.05, 0) is 25.7 Å². The number of carbonyl (C=O) groups excluding carboxylic acids is 1. The average molecular weight is 212 g/mol. The molecule has 0 saturated heterocycles. The Morgan fingerprint density at radius 1 is 1.40 bits per heavy atom. The van der Waals surface area contributed by atoms with Crippen LogP contribution < -0.4 is 5.32 Å². The number of carbonyl (C=O) groups is 1. The molecule has 0 heterocycles. The lowest BCUT2D eigenvalue weighted by atomic mass is 10.1. The summed E-state index contributed by atoms with van der Waals surface area (Å²) >= 11 is 0. The van der Waals surface area contributed by atoms with Crippen LogP contribution >= 0.6 is 0 Å². The first-order valence-corrected chi connectivity index (χ1v) is 6.19. The quantitative estimate of drug-likeness (QED) is 0.763. The molecule has 0 bridgehead atoms. The van der Waals surface area contributed by atoms with Gasteiger partial charge in [-0.25, -0.2) is 4.79 Å². The number of hydrogen-bond donors (Lipinski definition) is 1. The van der Waals surface area contributed by atoms with Crippen LogP contribution in [0.4, 0.5) is 4.79 Å². The zero-order valence-electron chi connectivity index (χ0n) is 10.3. The van der Waals surface area contributed by atoms with E-state index in [9.17, 15) is 4.79 Å². The number of nitrogens with one attached hydrogen (secondary N) is 1. The molecule has 0 unspecified atom stereocenters. The number of nitrogens with zero attached hydrogens (tertiary/aromatic N) is 1. The fraction of sp³-hybridized carbons (Fsp3) is 0.917. The van der Waals surface area contributed by atoms with Crippen LogP contribution in [-0.4, -0.2) is 30.1 Å². The van der Waals surface area contributed by atoms with E-state index in [0.717, 1.165) is 13.1 Å². The first kappa shape index (κ1) is 12.3. The molecule has 0 aromatic rings. The minimum Gasteiger partial charge on any atom is -0.338 e. The highest BCUT2D eigenvalue weighted by Gasteiger charge is 2.26. The van der Waals surface area contributed by atoms with Gasteiger partial charge in [-0.3, -0.25) is 0 Å². The summed E-state index contributed by atoms with van der Waals surface area (Å²) in [7, 11) is 0. The Labute approximate surface area is 93.2 Å². The Hall–Kier alpha value is -0.730. The highest BCUT2D eigenvalue weighted by Crippen LogP contribution is 2.24. The number of urea groups is 1. The lowest BCUT2D eigenvalue weighted by Crippen LogP contribution is -2.46. The van der Waals surface area contributed by atoms with Gasteiger partial charge in [0, 0.05) is 19.1 Å². The van der Waals surface area contributed by atoms with Crippen molar-refractivity contribution in [2.45, 2.75) is 52.5 Å². The van der Waals surface area contributed by atoms with Crippen molar-refractivity contribution in [3.63, 3.8) is 0 Å². The van der Waals surface area contributed by atoms with Crippen LogP contribution in [0.15, 0.2) is 0 Å². The summed E-state index contributed by atoms with van der Waals surface area (Å²) in [5.41, 5.74) is 0. The molecular formula is C12H24N2O. The van der Waals surface area contributed by atoms with E-state index in [1.165, 1.54) is 25.7 Å². The molecule has 1 saturated carbocycles. The molecule has 0 aliphatic heterocycles. The van der Waals surface area contributed by atoms with Gasteiger partial charge in [0.2, 0.25) is 0 Å². The third kappa shape index (κ3) is 3.73. The molecule has 1 aliphatic rings. The van der Waals surface area contributed by atoms with E-state index in [-0.39, 0.29) is 6.03 Å². The van der Waals surface area contributed by atoms with Gasteiger partial charge in [0.15, 0.2) is 0 Å². The molecule has 1 aliphatic carbocycles. The van der Waals surface area contributed by atoms with E-state index < -0.39 is 0 Å². The van der Waals surface area contributed by atoms with Crippen molar-refractivity contribution < 1.29 is 4.79 Å². The second-order valence-electron chi connectivity index (χ2n) is 4.82. The lowest BCUT2D eigenvalue weighted by molar-refractivity contribution is 0.166. The summed E-state index contributed by atoms with van der Waals surface area (Å²) in [6, 6.07) is 0.608. The first-order valence-electron chi connectivity index (χ1n) is 6.19. The van der Waals surface area contributed by atoms with Gasteiger partial charge in [-0.2, -0.15) is 0 Å². The van der Waals surface area contributed by atoms with Crippen molar-refractivity contribution in [3.8, 4) is 0 Å². The molecule has 1 N–H and O–H groups in total. The Kier molecular flexibility index (Phi) is 4.92. The normalized spacial score (nSPS) is 17.1. The zero-order valence-corrected chi connectivity index (χ0v) is 10.3. The van der Waals surface area contributed by atoms with E-state index in [0.29, 0.717) is 12.0 Å². The van der Waals surface area contributed by atoms with Crippen LogP contribution in [0.1, 0.15) is 46.5 Å². The fourth-order valence-corrected chi connectivity index (χ4v) is 2.26. The van der Waals surface area contributed by atoms with Crippen molar-refractivity contribution in [2.24, 2.45) is 5.92 Å². The Morgan fingerprint density at radius 3 is 2.47 bits per heavy atom. The van der Waals surface area contributed by atoms with E-state index in [4.69, 9.17) is 0 Å². The molecule has 0 aromatic heterocycles. The molecule has 1 rings (SSSR count). The molecule has 3 nitrogen and oxygen atoms in total. The minimum absolute atomic E-state index is 0.123. The SMILES string of the molecule is CCNC(=O)N(CC(C)C)C1CCCC1. The Balaban J connectivity index is 2.54. The van der Waals surface area contributed by atoms with Crippen LogP contribution in [0, 0.1) is 5.92 Å². The maximum absolute atomic E-state index is 11.9. The summed E-state index contributed by atoms with van der Waals surface area (Å²) in [4.78, 5) is 13.9. The van der Waals surface area contributed by atoms with Gasteiger partial charge in [-0.15, -0.1) is 0 Å². The van der Waals surface area contributed by atoms with Gasteiger partial charge in [0.1, 0.15) is 0 Å². The van der Waals surface area contributed by atoms with Crippen LogP contribution in [0.5, 0.6) is 0 Å². The summed E-state index contributed by atoms with van der Waals surface area (Å²) in [6.07, 6.45) is 4.92. The van der Waals surface area contributed by atoms with Crippen molar-refractivity contribution >= 4 is 6.03 Å². The number of amides is 2. The summed E-state index contributed by atoms with van der Waals surface area (Å²) in [5.74, 6) is 0.549. The van der Waals surface area contributed by atoms with Crippen molar-refractivity contribution in [1.29, 1.82) is 0 Å². The Morgan fingerprint density at radius 2 is 2.00 bits per heavy atom. The van der Waals surface area contributed by atoms with Gasteiger partial charge in [0.05, 0.1) is 0 Å². The topological polar surface area (TPSA) is 32.3 Å².